The van der Waals surface area contributed by atoms with Crippen molar-refractivity contribution in [3.8, 4) is 0 Å². The zero-order valence-corrected chi connectivity index (χ0v) is 15.7. The Morgan fingerprint density at radius 2 is 1.68 bits per heavy atom. The lowest BCUT2D eigenvalue weighted by Crippen LogP contribution is -2.18. The molecule has 0 amide bonds. The van der Waals surface area contributed by atoms with E-state index >= 15 is 0 Å². The number of H-pyrrole nitrogens is 1. The summed E-state index contributed by atoms with van der Waals surface area (Å²) < 4.78 is 26.2. The Bertz CT molecular complexity index is 1240. The molecule has 142 valence electrons. The van der Waals surface area contributed by atoms with Gasteiger partial charge in [0.25, 0.3) is 0 Å². The second kappa shape index (κ2) is 7.25. The fourth-order valence-corrected chi connectivity index (χ4v) is 3.44. The van der Waals surface area contributed by atoms with Crippen LogP contribution >= 0.6 is 0 Å². The molecule has 0 unspecified atom stereocenters. The van der Waals surface area contributed by atoms with E-state index in [-0.39, 0.29) is 4.90 Å². The predicted octanol–water partition coefficient (Wildman–Crippen LogP) is 2.75. The number of rotatable bonds is 6. The zero-order chi connectivity index (χ0) is 19.6. The summed E-state index contributed by atoms with van der Waals surface area (Å²) in [5, 5.41) is 14.2. The topological polar surface area (TPSA) is 125 Å². The lowest BCUT2D eigenvalue weighted by atomic mass is 10.2. The summed E-state index contributed by atoms with van der Waals surface area (Å²) in [5.41, 5.74) is 2.41. The molecule has 2 heterocycles. The smallest absolute Gasteiger partial charge is 0.240 e. The number of hydrogen-bond donors (Lipinski definition) is 4. The summed E-state index contributed by atoms with van der Waals surface area (Å²) in [6, 6.07) is 14.0. The van der Waals surface area contributed by atoms with Crippen LogP contribution in [0.25, 0.3) is 10.9 Å². The van der Waals surface area contributed by atoms with Crippen LogP contribution < -0.4 is 15.4 Å². The van der Waals surface area contributed by atoms with Crippen LogP contribution in [0.4, 0.5) is 23.0 Å². The molecule has 0 fully saturated rings. The quantitative estimate of drug-likeness (QED) is 0.396. The summed E-state index contributed by atoms with van der Waals surface area (Å²) in [5.74, 6) is 1.13. The molecule has 4 rings (SSSR count). The third kappa shape index (κ3) is 3.77. The van der Waals surface area contributed by atoms with Crippen molar-refractivity contribution in [3.05, 3.63) is 61.1 Å². The molecule has 28 heavy (non-hydrogen) atoms. The van der Waals surface area contributed by atoms with Crippen molar-refractivity contribution in [2.75, 3.05) is 17.7 Å². The summed E-state index contributed by atoms with van der Waals surface area (Å²) in [6.07, 6.45) is 3.18. The highest BCUT2D eigenvalue weighted by atomic mass is 32.2. The van der Waals surface area contributed by atoms with Crippen molar-refractivity contribution in [2.24, 2.45) is 0 Å². The van der Waals surface area contributed by atoms with Gasteiger partial charge in [0.15, 0.2) is 0 Å². The first kappa shape index (κ1) is 17.9. The van der Waals surface area contributed by atoms with E-state index in [2.05, 4.69) is 35.5 Å². The molecule has 4 aromatic rings. The lowest BCUT2D eigenvalue weighted by Gasteiger charge is -2.10. The Kier molecular flexibility index (Phi) is 4.63. The van der Waals surface area contributed by atoms with Gasteiger partial charge in [0, 0.05) is 22.8 Å². The van der Waals surface area contributed by atoms with Crippen molar-refractivity contribution in [3.63, 3.8) is 0 Å². The molecule has 2 aromatic carbocycles. The minimum absolute atomic E-state index is 0.167. The van der Waals surface area contributed by atoms with Gasteiger partial charge >= 0.3 is 0 Å². The van der Waals surface area contributed by atoms with E-state index in [9.17, 15) is 8.42 Å². The zero-order valence-electron chi connectivity index (χ0n) is 14.8. The molecule has 0 spiro atoms. The van der Waals surface area contributed by atoms with Crippen LogP contribution in [0, 0.1) is 0 Å². The van der Waals surface area contributed by atoms with E-state index < -0.39 is 10.0 Å². The van der Waals surface area contributed by atoms with Crippen molar-refractivity contribution in [1.82, 2.24) is 24.9 Å². The number of hydrogen-bond acceptors (Lipinski definition) is 7. The van der Waals surface area contributed by atoms with Crippen LogP contribution in [0.5, 0.6) is 0 Å². The molecule has 0 aliphatic carbocycles. The van der Waals surface area contributed by atoms with Gasteiger partial charge in [0.05, 0.1) is 16.6 Å². The van der Waals surface area contributed by atoms with Crippen LogP contribution in [-0.4, -0.2) is 35.6 Å². The van der Waals surface area contributed by atoms with Gasteiger partial charge in [-0.15, -0.1) is 0 Å². The monoisotopic (exact) mass is 395 g/mol. The van der Waals surface area contributed by atoms with E-state index in [4.69, 9.17) is 0 Å². The average molecular weight is 395 g/mol. The molecular formula is C18H17N7O2S. The molecule has 10 heteroatoms. The number of aromatic nitrogens is 4. The summed E-state index contributed by atoms with van der Waals surface area (Å²) in [7, 11) is -2.14. The molecule has 0 aliphatic rings. The highest BCUT2D eigenvalue weighted by Gasteiger charge is 2.11. The SMILES string of the molecule is CNS(=O)(=O)c1cccc(Nc2cc(Nc3ccc4[nH]ncc4c3)ncn2)c1. The third-order valence-corrected chi connectivity index (χ3v) is 5.48. The molecule has 9 nitrogen and oxygen atoms in total. The van der Waals surface area contributed by atoms with Gasteiger partial charge in [0.2, 0.25) is 10.0 Å². The van der Waals surface area contributed by atoms with Gasteiger partial charge in [-0.3, -0.25) is 5.10 Å². The van der Waals surface area contributed by atoms with E-state index in [0.29, 0.717) is 17.3 Å². The molecule has 4 N–H and O–H groups in total. The molecule has 2 aromatic heterocycles. The van der Waals surface area contributed by atoms with Crippen molar-refractivity contribution >= 4 is 43.9 Å². The number of anilines is 4. The number of nitrogens with one attached hydrogen (secondary N) is 4. The number of sulfonamides is 1. The van der Waals surface area contributed by atoms with Crippen molar-refractivity contribution < 1.29 is 8.42 Å². The summed E-state index contributed by atoms with van der Waals surface area (Å²) >= 11 is 0. The Morgan fingerprint density at radius 1 is 0.929 bits per heavy atom. The van der Waals surface area contributed by atoms with Gasteiger partial charge < -0.3 is 10.6 Å². The highest BCUT2D eigenvalue weighted by Crippen LogP contribution is 2.23. The Balaban J connectivity index is 1.55. The molecule has 0 bridgehead atoms. The molecule has 0 radical (unpaired) electrons. The lowest BCUT2D eigenvalue weighted by molar-refractivity contribution is 0.588. The second-order valence-electron chi connectivity index (χ2n) is 5.95. The van der Waals surface area contributed by atoms with Gasteiger partial charge in [-0.25, -0.2) is 23.1 Å². The highest BCUT2D eigenvalue weighted by molar-refractivity contribution is 7.89. The maximum atomic E-state index is 12.0. The van der Waals surface area contributed by atoms with E-state index in [1.54, 1.807) is 24.4 Å². The number of benzene rings is 2. The minimum atomic E-state index is -3.52. The molecule has 0 atom stereocenters. The van der Waals surface area contributed by atoms with Crippen LogP contribution in [-0.2, 0) is 10.0 Å². The summed E-state index contributed by atoms with van der Waals surface area (Å²) in [4.78, 5) is 8.58. The van der Waals surface area contributed by atoms with Crippen molar-refractivity contribution in [1.29, 1.82) is 0 Å². The predicted molar refractivity (Wildman–Crippen MR) is 107 cm³/mol. The second-order valence-corrected chi connectivity index (χ2v) is 7.83. The number of fused-ring (bicyclic) bond motifs is 1. The Morgan fingerprint density at radius 3 is 2.43 bits per heavy atom. The van der Waals surface area contributed by atoms with E-state index in [0.717, 1.165) is 16.6 Å². The Hall–Kier alpha value is -3.50. The van der Waals surface area contributed by atoms with Crippen LogP contribution in [0.3, 0.4) is 0 Å². The van der Waals surface area contributed by atoms with Crippen LogP contribution in [0.2, 0.25) is 0 Å². The van der Waals surface area contributed by atoms with E-state index in [1.807, 2.05) is 18.2 Å². The van der Waals surface area contributed by atoms with Crippen molar-refractivity contribution in [2.45, 2.75) is 4.90 Å². The maximum Gasteiger partial charge on any atom is 0.240 e. The summed E-state index contributed by atoms with van der Waals surface area (Å²) in [6.45, 7) is 0. The third-order valence-electron chi connectivity index (χ3n) is 4.07. The molecule has 0 saturated heterocycles. The minimum Gasteiger partial charge on any atom is -0.340 e. The largest absolute Gasteiger partial charge is 0.340 e. The first-order chi connectivity index (χ1) is 13.5. The molecule has 0 aliphatic heterocycles. The number of aromatic amines is 1. The first-order valence-electron chi connectivity index (χ1n) is 8.36. The van der Waals surface area contributed by atoms with Crippen LogP contribution in [0.15, 0.2) is 66.0 Å². The normalized spacial score (nSPS) is 11.5. The molecular weight excluding hydrogens is 378 g/mol. The standard InChI is InChI=1S/C18H17N7O2S/c1-19-28(26,27)15-4-2-3-13(8-15)23-17-9-18(21-11-20-17)24-14-5-6-16-12(7-14)10-22-25-16/h2-11,19H,1H3,(H,22,25)(H2,20,21,23,24). The molecule has 0 saturated carbocycles. The maximum absolute atomic E-state index is 12.0. The van der Waals surface area contributed by atoms with Gasteiger partial charge in [0.1, 0.15) is 18.0 Å². The average Bonchev–Trinajstić information content (AvgIpc) is 3.16. The van der Waals surface area contributed by atoms with Gasteiger partial charge in [-0.2, -0.15) is 5.10 Å². The first-order valence-corrected chi connectivity index (χ1v) is 9.85. The fraction of sp³-hybridized carbons (Fsp3) is 0.0556. The fourth-order valence-electron chi connectivity index (χ4n) is 2.67. The van der Waals surface area contributed by atoms with E-state index in [1.165, 1.54) is 25.5 Å². The Labute approximate surface area is 161 Å². The number of nitrogens with zero attached hydrogens (tertiary/aromatic N) is 3. The van der Waals surface area contributed by atoms with Gasteiger partial charge in [-0.1, -0.05) is 6.07 Å². The van der Waals surface area contributed by atoms with Crippen LogP contribution in [0.1, 0.15) is 0 Å². The van der Waals surface area contributed by atoms with Gasteiger partial charge in [-0.05, 0) is 43.4 Å².